The molecule has 9 nitrogen and oxygen atoms in total. The average Bonchev–Trinajstić information content (AvgIpc) is 3.24. The minimum absolute atomic E-state index is 0.0119. The van der Waals surface area contributed by atoms with Crippen molar-refractivity contribution in [1.29, 1.82) is 0 Å². The first-order valence-electron chi connectivity index (χ1n) is 10.3. The van der Waals surface area contributed by atoms with Crippen LogP contribution in [0.15, 0.2) is 42.9 Å². The molecular formula is C22H25N5O4. The van der Waals surface area contributed by atoms with Crippen LogP contribution in [0.25, 0.3) is 16.9 Å². The number of imidazole rings is 1. The largest absolute Gasteiger partial charge is 0.497 e. The number of hydrogen-bond acceptors (Lipinski definition) is 6. The van der Waals surface area contributed by atoms with Crippen LogP contribution in [0.3, 0.4) is 0 Å². The van der Waals surface area contributed by atoms with Gasteiger partial charge in [-0.05, 0) is 44.0 Å². The van der Waals surface area contributed by atoms with E-state index < -0.39 is 0 Å². The van der Waals surface area contributed by atoms with Crippen molar-refractivity contribution in [3.8, 4) is 17.0 Å². The monoisotopic (exact) mass is 423 g/mol. The van der Waals surface area contributed by atoms with E-state index in [4.69, 9.17) is 9.47 Å². The molecule has 0 aliphatic carbocycles. The molecule has 1 aliphatic rings. The Labute approximate surface area is 180 Å². The number of rotatable bonds is 5. The van der Waals surface area contributed by atoms with Crippen molar-refractivity contribution in [2.24, 2.45) is 0 Å². The molecule has 3 aromatic rings. The van der Waals surface area contributed by atoms with E-state index in [1.807, 2.05) is 24.3 Å². The van der Waals surface area contributed by atoms with Gasteiger partial charge in [0.25, 0.3) is 5.91 Å². The third-order valence-electron chi connectivity index (χ3n) is 5.33. The molecule has 1 saturated heterocycles. The van der Waals surface area contributed by atoms with E-state index in [2.05, 4.69) is 15.3 Å². The van der Waals surface area contributed by atoms with Crippen molar-refractivity contribution < 1.29 is 19.1 Å². The molecule has 0 spiro atoms. The fraction of sp³-hybridized carbons (Fsp3) is 0.364. The second-order valence-electron chi connectivity index (χ2n) is 7.30. The van der Waals surface area contributed by atoms with Crippen LogP contribution in [0, 0.1) is 0 Å². The van der Waals surface area contributed by atoms with Crippen LogP contribution in [-0.4, -0.2) is 64.1 Å². The quantitative estimate of drug-likeness (QED) is 0.678. The van der Waals surface area contributed by atoms with E-state index in [-0.39, 0.29) is 18.0 Å². The van der Waals surface area contributed by atoms with Crippen LogP contribution >= 0.6 is 0 Å². The Kier molecular flexibility index (Phi) is 6.01. The van der Waals surface area contributed by atoms with Crippen molar-refractivity contribution in [2.45, 2.75) is 25.8 Å². The maximum Gasteiger partial charge on any atom is 0.409 e. The predicted molar refractivity (Wildman–Crippen MR) is 114 cm³/mol. The highest BCUT2D eigenvalue weighted by Gasteiger charge is 2.25. The van der Waals surface area contributed by atoms with Gasteiger partial charge in [-0.25, -0.2) is 9.78 Å². The van der Waals surface area contributed by atoms with Gasteiger partial charge < -0.3 is 24.1 Å². The minimum Gasteiger partial charge on any atom is -0.497 e. The molecule has 2 aromatic heterocycles. The summed E-state index contributed by atoms with van der Waals surface area (Å²) in [5.74, 6) is 0.520. The number of carbonyl (C=O) groups is 2. The van der Waals surface area contributed by atoms with Crippen LogP contribution in [0.2, 0.25) is 0 Å². The number of nitrogens with one attached hydrogen (secondary N) is 1. The van der Waals surface area contributed by atoms with Gasteiger partial charge in [0.15, 0.2) is 5.65 Å². The fourth-order valence-electron chi connectivity index (χ4n) is 3.66. The number of likely N-dealkylation sites (tertiary alicyclic amines) is 1. The molecule has 2 amide bonds. The lowest BCUT2D eigenvalue weighted by Gasteiger charge is -2.31. The minimum atomic E-state index is -0.300. The summed E-state index contributed by atoms with van der Waals surface area (Å²) in [7, 11) is 1.62. The molecule has 3 heterocycles. The molecule has 0 atom stereocenters. The molecule has 0 saturated carbocycles. The Morgan fingerprint density at radius 3 is 2.61 bits per heavy atom. The van der Waals surface area contributed by atoms with Gasteiger partial charge in [0.2, 0.25) is 0 Å². The Morgan fingerprint density at radius 2 is 1.94 bits per heavy atom. The Balaban J connectivity index is 1.46. The number of amides is 2. The topological polar surface area (TPSA) is 98.1 Å². The van der Waals surface area contributed by atoms with Gasteiger partial charge in [-0.2, -0.15) is 0 Å². The van der Waals surface area contributed by atoms with E-state index in [1.165, 1.54) is 0 Å². The number of hydrogen-bond donors (Lipinski definition) is 1. The van der Waals surface area contributed by atoms with Gasteiger partial charge in [-0.1, -0.05) is 0 Å². The van der Waals surface area contributed by atoms with Crippen LogP contribution in [-0.2, 0) is 4.74 Å². The summed E-state index contributed by atoms with van der Waals surface area (Å²) in [6, 6.07) is 7.53. The number of methoxy groups -OCH3 is 1. The van der Waals surface area contributed by atoms with Gasteiger partial charge in [-0.15, -0.1) is 0 Å². The van der Waals surface area contributed by atoms with Crippen LogP contribution in [0.5, 0.6) is 5.75 Å². The maximum atomic E-state index is 12.8. The highest BCUT2D eigenvalue weighted by Crippen LogP contribution is 2.24. The van der Waals surface area contributed by atoms with Crippen molar-refractivity contribution >= 4 is 17.6 Å². The lowest BCUT2D eigenvalue weighted by molar-refractivity contribution is 0.0857. The normalized spacial score (nSPS) is 14.5. The molecule has 1 fully saturated rings. The predicted octanol–water partition coefficient (Wildman–Crippen LogP) is 2.76. The number of aromatic nitrogens is 3. The Morgan fingerprint density at radius 1 is 1.19 bits per heavy atom. The van der Waals surface area contributed by atoms with E-state index in [0.29, 0.717) is 49.6 Å². The second kappa shape index (κ2) is 9.03. The van der Waals surface area contributed by atoms with Crippen LogP contribution in [0.4, 0.5) is 4.79 Å². The number of carbonyl (C=O) groups excluding carboxylic acids is 2. The van der Waals surface area contributed by atoms with Crippen molar-refractivity contribution in [3.05, 3.63) is 48.5 Å². The number of nitrogens with zero attached hydrogens (tertiary/aromatic N) is 4. The third kappa shape index (κ3) is 4.45. The highest BCUT2D eigenvalue weighted by atomic mass is 16.6. The third-order valence-corrected chi connectivity index (χ3v) is 5.33. The number of fused-ring (bicyclic) bond motifs is 1. The number of piperidine rings is 1. The van der Waals surface area contributed by atoms with Gasteiger partial charge in [0, 0.05) is 43.3 Å². The van der Waals surface area contributed by atoms with Gasteiger partial charge >= 0.3 is 6.09 Å². The first-order chi connectivity index (χ1) is 15.1. The zero-order chi connectivity index (χ0) is 21.8. The highest BCUT2D eigenvalue weighted by molar-refractivity contribution is 5.93. The van der Waals surface area contributed by atoms with Gasteiger partial charge in [0.05, 0.1) is 13.7 Å². The lowest BCUT2D eigenvalue weighted by Crippen LogP contribution is -2.46. The SMILES string of the molecule is CCOC(=O)N1CCC(NC(=O)c2cn3ccnc(-c4ccc(OC)cc4)c3n2)CC1. The van der Waals surface area contributed by atoms with Crippen molar-refractivity contribution in [3.63, 3.8) is 0 Å². The molecule has 1 aromatic carbocycles. The smallest absolute Gasteiger partial charge is 0.409 e. The molecule has 0 radical (unpaired) electrons. The molecular weight excluding hydrogens is 398 g/mol. The summed E-state index contributed by atoms with van der Waals surface area (Å²) in [4.78, 5) is 35.3. The zero-order valence-electron chi connectivity index (χ0n) is 17.6. The summed E-state index contributed by atoms with van der Waals surface area (Å²) < 4.78 is 12.0. The number of ether oxygens (including phenoxy) is 2. The first kappa shape index (κ1) is 20.6. The Bertz CT molecular complexity index is 1070. The van der Waals surface area contributed by atoms with Crippen molar-refractivity contribution in [2.75, 3.05) is 26.8 Å². The van der Waals surface area contributed by atoms with Gasteiger partial charge in [-0.3, -0.25) is 9.78 Å². The maximum absolute atomic E-state index is 12.8. The molecule has 9 heteroatoms. The van der Waals surface area contributed by atoms with E-state index in [9.17, 15) is 9.59 Å². The second-order valence-corrected chi connectivity index (χ2v) is 7.30. The summed E-state index contributed by atoms with van der Waals surface area (Å²) in [5.41, 5.74) is 2.51. The Hall–Kier alpha value is -3.62. The molecule has 0 unspecified atom stereocenters. The molecule has 0 bridgehead atoms. The molecule has 4 rings (SSSR count). The van der Waals surface area contributed by atoms with E-state index in [0.717, 1.165) is 11.3 Å². The van der Waals surface area contributed by atoms with Crippen molar-refractivity contribution in [1.82, 2.24) is 24.6 Å². The summed E-state index contributed by atoms with van der Waals surface area (Å²) >= 11 is 0. The van der Waals surface area contributed by atoms with E-state index >= 15 is 0 Å². The summed E-state index contributed by atoms with van der Waals surface area (Å²) in [6.07, 6.45) is 6.21. The molecule has 31 heavy (non-hydrogen) atoms. The fourth-order valence-corrected chi connectivity index (χ4v) is 3.66. The van der Waals surface area contributed by atoms with Crippen LogP contribution in [0.1, 0.15) is 30.3 Å². The molecule has 1 N–H and O–H groups in total. The van der Waals surface area contributed by atoms with Crippen LogP contribution < -0.4 is 10.1 Å². The molecule has 162 valence electrons. The first-order valence-corrected chi connectivity index (χ1v) is 10.3. The van der Waals surface area contributed by atoms with Gasteiger partial charge in [0.1, 0.15) is 17.1 Å². The summed E-state index contributed by atoms with van der Waals surface area (Å²) in [5, 5.41) is 3.03. The average molecular weight is 423 g/mol. The summed E-state index contributed by atoms with van der Waals surface area (Å²) in [6.45, 7) is 3.26. The molecule has 1 aliphatic heterocycles. The number of benzene rings is 1. The van der Waals surface area contributed by atoms with E-state index in [1.54, 1.807) is 41.9 Å². The standard InChI is InChI=1S/C22H25N5O4/c1-3-31-22(29)26-11-8-16(9-12-26)24-21(28)18-14-27-13-10-23-19(20(27)25-18)15-4-6-17(30-2)7-5-15/h4-7,10,13-14,16H,3,8-9,11-12H2,1-2H3,(H,24,28). The zero-order valence-corrected chi connectivity index (χ0v) is 17.6. The lowest BCUT2D eigenvalue weighted by atomic mass is 10.1.